The summed E-state index contributed by atoms with van der Waals surface area (Å²) < 4.78 is 28.7. The van der Waals surface area contributed by atoms with Gasteiger partial charge in [0.1, 0.15) is 5.75 Å². The zero-order valence-corrected chi connectivity index (χ0v) is 19.6. The fourth-order valence-electron chi connectivity index (χ4n) is 3.74. The number of aromatic hydroxyl groups is 1. The van der Waals surface area contributed by atoms with Crippen LogP contribution < -0.4 is 5.32 Å². The first-order chi connectivity index (χ1) is 15.2. The highest BCUT2D eigenvalue weighted by molar-refractivity contribution is 7.98. The second kappa shape index (κ2) is 8.68. The van der Waals surface area contributed by atoms with Crippen LogP contribution in [-0.4, -0.2) is 62.7 Å². The molecule has 32 heavy (non-hydrogen) atoms. The van der Waals surface area contributed by atoms with Crippen LogP contribution in [0.3, 0.4) is 0 Å². The molecule has 3 heterocycles. The van der Waals surface area contributed by atoms with Gasteiger partial charge in [0, 0.05) is 30.0 Å². The number of rotatable bonds is 6. The molecule has 2 N–H and O–H groups in total. The summed E-state index contributed by atoms with van der Waals surface area (Å²) in [6.07, 6.45) is 3.50. The Balaban J connectivity index is 1.58. The second-order valence-corrected chi connectivity index (χ2v) is 10.3. The SMILES string of the molecule is CSc1nc2nc(C)c(CC(=O)Nc3cc(S(=O)(=O)N4CCCC4)ccc3O)c(C)n2n1. The molecular formula is C20H24N6O4S2. The minimum Gasteiger partial charge on any atom is -0.506 e. The Hall–Kier alpha value is -2.70. The number of nitrogens with one attached hydrogen (secondary N) is 1. The van der Waals surface area contributed by atoms with Gasteiger partial charge in [0.25, 0.3) is 5.78 Å². The molecule has 4 rings (SSSR count). The summed E-state index contributed by atoms with van der Waals surface area (Å²) in [5.41, 5.74) is 2.13. The third-order valence-corrected chi connectivity index (χ3v) is 7.93. The number of nitrogens with zero attached hydrogens (tertiary/aromatic N) is 5. The molecule has 0 bridgehead atoms. The van der Waals surface area contributed by atoms with Crippen molar-refractivity contribution in [3.05, 3.63) is 35.2 Å². The molecule has 2 aromatic heterocycles. The van der Waals surface area contributed by atoms with E-state index in [-0.39, 0.29) is 22.8 Å². The molecule has 170 valence electrons. The van der Waals surface area contributed by atoms with E-state index in [2.05, 4.69) is 20.4 Å². The largest absolute Gasteiger partial charge is 0.506 e. The number of hydrogen-bond donors (Lipinski definition) is 2. The van der Waals surface area contributed by atoms with E-state index in [0.29, 0.717) is 35.3 Å². The third kappa shape index (κ3) is 4.17. The van der Waals surface area contributed by atoms with Gasteiger partial charge < -0.3 is 10.4 Å². The lowest BCUT2D eigenvalue weighted by Crippen LogP contribution is -2.28. The van der Waals surface area contributed by atoms with Crippen molar-refractivity contribution < 1.29 is 18.3 Å². The van der Waals surface area contributed by atoms with E-state index >= 15 is 0 Å². The third-order valence-electron chi connectivity index (χ3n) is 5.49. The van der Waals surface area contributed by atoms with Crippen molar-refractivity contribution in [3.63, 3.8) is 0 Å². The van der Waals surface area contributed by atoms with E-state index in [1.807, 2.05) is 13.2 Å². The Labute approximate surface area is 190 Å². The zero-order chi connectivity index (χ0) is 23.0. The number of amides is 1. The average Bonchev–Trinajstić information content (AvgIpc) is 3.43. The van der Waals surface area contributed by atoms with Crippen molar-refractivity contribution >= 4 is 39.2 Å². The maximum absolute atomic E-state index is 12.8. The normalized spacial score (nSPS) is 14.8. The number of phenols is 1. The number of hydrogen-bond acceptors (Lipinski definition) is 8. The molecule has 1 saturated heterocycles. The predicted molar refractivity (Wildman–Crippen MR) is 120 cm³/mol. The molecule has 0 unspecified atom stereocenters. The van der Waals surface area contributed by atoms with Gasteiger partial charge in [-0.25, -0.2) is 17.9 Å². The summed E-state index contributed by atoms with van der Waals surface area (Å²) in [5.74, 6) is -0.152. The fourth-order valence-corrected chi connectivity index (χ4v) is 5.62. The van der Waals surface area contributed by atoms with E-state index in [1.54, 1.807) is 11.4 Å². The van der Waals surface area contributed by atoms with Crippen LogP contribution in [0.4, 0.5) is 5.69 Å². The average molecular weight is 477 g/mol. The van der Waals surface area contributed by atoms with Gasteiger partial charge in [-0.15, -0.1) is 5.10 Å². The number of fused-ring (bicyclic) bond motifs is 1. The molecule has 1 aromatic carbocycles. The molecule has 1 fully saturated rings. The van der Waals surface area contributed by atoms with E-state index < -0.39 is 15.9 Å². The topological polar surface area (TPSA) is 130 Å². The van der Waals surface area contributed by atoms with Crippen LogP contribution in [-0.2, 0) is 21.2 Å². The lowest BCUT2D eigenvalue weighted by Gasteiger charge is -2.17. The highest BCUT2D eigenvalue weighted by Crippen LogP contribution is 2.29. The van der Waals surface area contributed by atoms with Crippen molar-refractivity contribution in [1.82, 2.24) is 23.9 Å². The number of phenolic OH excluding ortho intramolecular Hbond substituents is 1. The van der Waals surface area contributed by atoms with Crippen LogP contribution in [0, 0.1) is 13.8 Å². The van der Waals surface area contributed by atoms with Gasteiger partial charge in [-0.3, -0.25) is 4.79 Å². The lowest BCUT2D eigenvalue weighted by molar-refractivity contribution is -0.115. The molecule has 3 aromatic rings. The summed E-state index contributed by atoms with van der Waals surface area (Å²) in [7, 11) is -3.67. The van der Waals surface area contributed by atoms with Crippen molar-refractivity contribution in [3.8, 4) is 5.75 Å². The minimum absolute atomic E-state index is 0.0163. The Morgan fingerprint density at radius 3 is 2.62 bits per heavy atom. The first-order valence-electron chi connectivity index (χ1n) is 10.1. The van der Waals surface area contributed by atoms with Gasteiger partial charge in [0.05, 0.1) is 17.0 Å². The molecule has 0 atom stereocenters. The molecule has 1 aliphatic heterocycles. The highest BCUT2D eigenvalue weighted by Gasteiger charge is 2.28. The Morgan fingerprint density at radius 2 is 1.94 bits per heavy atom. The standard InChI is InChI=1S/C20H24N6O4S2/c1-12-15(13(2)26-19(21-12)23-20(24-26)31-3)11-18(28)22-16-10-14(6-7-17(16)27)32(29,30)25-8-4-5-9-25/h6-7,10,27H,4-5,8-9,11H2,1-3H3,(H,22,28). The van der Waals surface area contributed by atoms with Crippen LogP contribution in [0.1, 0.15) is 29.8 Å². The van der Waals surface area contributed by atoms with E-state index in [4.69, 9.17) is 0 Å². The molecule has 0 saturated carbocycles. The van der Waals surface area contributed by atoms with Gasteiger partial charge in [-0.1, -0.05) is 11.8 Å². The van der Waals surface area contributed by atoms with Crippen LogP contribution in [0.5, 0.6) is 5.75 Å². The number of carbonyl (C=O) groups excluding carboxylic acids is 1. The monoisotopic (exact) mass is 476 g/mol. The first-order valence-corrected chi connectivity index (χ1v) is 12.8. The van der Waals surface area contributed by atoms with E-state index in [0.717, 1.165) is 18.5 Å². The van der Waals surface area contributed by atoms with Gasteiger partial charge >= 0.3 is 0 Å². The maximum Gasteiger partial charge on any atom is 0.253 e. The summed E-state index contributed by atoms with van der Waals surface area (Å²) in [4.78, 5) is 21.6. The highest BCUT2D eigenvalue weighted by atomic mass is 32.2. The zero-order valence-electron chi connectivity index (χ0n) is 18.0. The van der Waals surface area contributed by atoms with E-state index in [9.17, 15) is 18.3 Å². The van der Waals surface area contributed by atoms with Gasteiger partial charge in [-0.2, -0.15) is 9.29 Å². The van der Waals surface area contributed by atoms with Gasteiger partial charge in [0.15, 0.2) is 0 Å². The van der Waals surface area contributed by atoms with Crippen molar-refractivity contribution in [2.24, 2.45) is 0 Å². The Kier molecular flexibility index (Phi) is 6.10. The van der Waals surface area contributed by atoms with Gasteiger partial charge in [-0.05, 0) is 51.1 Å². The summed E-state index contributed by atoms with van der Waals surface area (Å²) in [6.45, 7) is 4.58. The van der Waals surface area contributed by atoms with Crippen molar-refractivity contribution in [2.45, 2.75) is 43.2 Å². The van der Waals surface area contributed by atoms with Crippen molar-refractivity contribution in [2.75, 3.05) is 24.7 Å². The second-order valence-electron chi connectivity index (χ2n) is 7.59. The lowest BCUT2D eigenvalue weighted by atomic mass is 10.1. The number of carbonyl (C=O) groups is 1. The number of anilines is 1. The van der Waals surface area contributed by atoms with Crippen LogP contribution >= 0.6 is 11.8 Å². The molecular weight excluding hydrogens is 452 g/mol. The van der Waals surface area contributed by atoms with E-state index in [1.165, 1.54) is 34.3 Å². The molecule has 1 amide bonds. The molecule has 0 aliphatic carbocycles. The number of aromatic nitrogens is 4. The number of thioether (sulfide) groups is 1. The smallest absolute Gasteiger partial charge is 0.253 e. The quantitative estimate of drug-likeness (QED) is 0.409. The molecule has 0 radical (unpaired) electrons. The molecule has 10 nitrogen and oxygen atoms in total. The van der Waals surface area contributed by atoms with Crippen LogP contribution in [0.15, 0.2) is 28.3 Å². The summed E-state index contributed by atoms with van der Waals surface area (Å²) in [5, 5.41) is 17.8. The Morgan fingerprint density at radius 1 is 1.22 bits per heavy atom. The summed E-state index contributed by atoms with van der Waals surface area (Å²) in [6, 6.07) is 3.92. The molecule has 0 spiro atoms. The number of benzene rings is 1. The van der Waals surface area contributed by atoms with Crippen LogP contribution in [0.2, 0.25) is 0 Å². The number of aryl methyl sites for hydroxylation is 2. The van der Waals surface area contributed by atoms with Gasteiger partial charge in [0.2, 0.25) is 21.1 Å². The summed E-state index contributed by atoms with van der Waals surface area (Å²) >= 11 is 1.40. The van der Waals surface area contributed by atoms with Crippen LogP contribution in [0.25, 0.3) is 5.78 Å². The molecule has 12 heteroatoms. The number of sulfonamides is 1. The van der Waals surface area contributed by atoms with Crippen molar-refractivity contribution in [1.29, 1.82) is 0 Å². The first kappa shape index (κ1) is 22.5. The maximum atomic E-state index is 12.8. The fraction of sp³-hybridized carbons (Fsp3) is 0.400. The predicted octanol–water partition coefficient (Wildman–Crippen LogP) is 2.13. The Bertz CT molecular complexity index is 1300. The minimum atomic E-state index is -3.67. The molecule has 1 aliphatic rings.